The molecule has 1 aliphatic rings. The number of rotatable bonds is 5. The van der Waals surface area contributed by atoms with Gasteiger partial charge in [-0.25, -0.2) is 4.98 Å². The third-order valence-electron chi connectivity index (χ3n) is 4.97. The summed E-state index contributed by atoms with van der Waals surface area (Å²) < 4.78 is 10.8. The minimum atomic E-state index is -0.0502. The van der Waals surface area contributed by atoms with Crippen molar-refractivity contribution in [3.63, 3.8) is 0 Å². The lowest BCUT2D eigenvalue weighted by Crippen LogP contribution is -2.32. The number of nitrogens with zero attached hydrogens (tertiary/aromatic N) is 4. The van der Waals surface area contributed by atoms with Gasteiger partial charge in [-0.1, -0.05) is 5.16 Å². The minimum Gasteiger partial charge on any atom is -0.463 e. The maximum atomic E-state index is 13.6. The minimum absolute atomic E-state index is 0.0502. The number of aryl methyl sites for hydroxylation is 1. The van der Waals surface area contributed by atoms with Crippen molar-refractivity contribution < 1.29 is 13.7 Å². The number of carbonyl (C=O) groups is 1. The summed E-state index contributed by atoms with van der Waals surface area (Å²) in [5.41, 5.74) is 3.13. The van der Waals surface area contributed by atoms with Crippen molar-refractivity contribution in [2.45, 2.75) is 32.4 Å². The van der Waals surface area contributed by atoms with Crippen molar-refractivity contribution in [1.82, 2.24) is 20.0 Å². The molecule has 28 heavy (non-hydrogen) atoms. The molecule has 140 valence electrons. The van der Waals surface area contributed by atoms with E-state index in [1.54, 1.807) is 36.9 Å². The highest BCUT2D eigenvalue weighted by Crippen LogP contribution is 2.33. The molecule has 0 N–H and O–H groups in total. The lowest BCUT2D eigenvalue weighted by Gasteiger charge is -2.23. The molecule has 1 saturated carbocycles. The summed E-state index contributed by atoms with van der Waals surface area (Å²) in [5.74, 6) is 0.530. The molecule has 7 nitrogen and oxygen atoms in total. The molecule has 4 aromatic heterocycles. The standard InChI is InChI=1S/C21H18N4O3/c1-13-19-16(11-17(18-3-2-10-27-18)23-20(19)28-24-13)21(26)25(15-4-5-15)12-14-6-8-22-9-7-14/h2-3,6-11,15H,4-5,12H2,1H3. The average molecular weight is 374 g/mol. The Bertz CT molecular complexity index is 1130. The molecule has 1 fully saturated rings. The number of fused-ring (bicyclic) bond motifs is 1. The van der Waals surface area contributed by atoms with E-state index in [1.807, 2.05) is 24.0 Å². The van der Waals surface area contributed by atoms with Gasteiger partial charge in [0.1, 0.15) is 5.69 Å². The first-order valence-corrected chi connectivity index (χ1v) is 9.21. The number of amides is 1. The highest BCUT2D eigenvalue weighted by molar-refractivity contribution is 6.07. The largest absolute Gasteiger partial charge is 0.463 e. The summed E-state index contributed by atoms with van der Waals surface area (Å²) in [6.07, 6.45) is 7.09. The van der Waals surface area contributed by atoms with Crippen molar-refractivity contribution in [1.29, 1.82) is 0 Å². The third kappa shape index (κ3) is 2.94. The van der Waals surface area contributed by atoms with Crippen molar-refractivity contribution in [3.8, 4) is 11.5 Å². The van der Waals surface area contributed by atoms with Gasteiger partial charge in [-0.2, -0.15) is 0 Å². The van der Waals surface area contributed by atoms with E-state index in [-0.39, 0.29) is 11.9 Å². The Balaban J connectivity index is 1.60. The summed E-state index contributed by atoms with van der Waals surface area (Å²) in [4.78, 5) is 24.1. The van der Waals surface area contributed by atoms with Gasteiger partial charge >= 0.3 is 0 Å². The first-order chi connectivity index (χ1) is 13.7. The van der Waals surface area contributed by atoms with Gasteiger partial charge in [-0.15, -0.1) is 0 Å². The fraction of sp³-hybridized carbons (Fsp3) is 0.238. The van der Waals surface area contributed by atoms with Crippen LogP contribution in [0.15, 0.2) is 57.9 Å². The van der Waals surface area contributed by atoms with Gasteiger partial charge in [-0.3, -0.25) is 9.78 Å². The number of hydrogen-bond donors (Lipinski definition) is 0. The van der Waals surface area contributed by atoms with Crippen LogP contribution >= 0.6 is 0 Å². The van der Waals surface area contributed by atoms with Crippen molar-refractivity contribution >= 4 is 17.0 Å². The van der Waals surface area contributed by atoms with E-state index >= 15 is 0 Å². The molecule has 1 aliphatic carbocycles. The van der Waals surface area contributed by atoms with Gasteiger partial charge in [0.2, 0.25) is 0 Å². The monoisotopic (exact) mass is 374 g/mol. The molecule has 0 aromatic carbocycles. The molecule has 1 amide bonds. The molecule has 0 bridgehead atoms. The molecule has 0 atom stereocenters. The zero-order valence-electron chi connectivity index (χ0n) is 15.3. The fourth-order valence-corrected chi connectivity index (χ4v) is 3.41. The maximum Gasteiger partial charge on any atom is 0.259 e. The van der Waals surface area contributed by atoms with Crippen LogP contribution in [-0.2, 0) is 6.54 Å². The van der Waals surface area contributed by atoms with E-state index in [9.17, 15) is 4.79 Å². The zero-order valence-corrected chi connectivity index (χ0v) is 15.3. The maximum absolute atomic E-state index is 13.6. The van der Waals surface area contributed by atoms with Crippen LogP contribution in [0, 0.1) is 6.92 Å². The number of aromatic nitrogens is 3. The number of carbonyl (C=O) groups excluding carboxylic acids is 1. The molecular formula is C21H18N4O3. The molecule has 0 aliphatic heterocycles. The normalized spacial score (nSPS) is 13.8. The first kappa shape index (κ1) is 16.7. The topological polar surface area (TPSA) is 85.3 Å². The number of hydrogen-bond acceptors (Lipinski definition) is 6. The van der Waals surface area contributed by atoms with E-state index in [0.717, 1.165) is 18.4 Å². The lowest BCUT2D eigenvalue weighted by molar-refractivity contribution is 0.0731. The van der Waals surface area contributed by atoms with Crippen molar-refractivity contribution in [3.05, 3.63) is 65.8 Å². The van der Waals surface area contributed by atoms with Crippen LogP contribution in [0.5, 0.6) is 0 Å². The number of furan rings is 1. The summed E-state index contributed by atoms with van der Waals surface area (Å²) in [6.45, 7) is 2.36. The van der Waals surface area contributed by atoms with E-state index in [4.69, 9.17) is 8.94 Å². The molecule has 0 spiro atoms. The Morgan fingerprint density at radius 1 is 1.25 bits per heavy atom. The van der Waals surface area contributed by atoms with Gasteiger partial charge in [0.25, 0.3) is 11.6 Å². The van der Waals surface area contributed by atoms with Gasteiger partial charge < -0.3 is 13.8 Å². The quantitative estimate of drug-likeness (QED) is 0.525. The molecule has 7 heteroatoms. The van der Waals surface area contributed by atoms with Crippen LogP contribution < -0.4 is 0 Å². The Kier molecular flexibility index (Phi) is 3.93. The van der Waals surface area contributed by atoms with Crippen molar-refractivity contribution in [2.75, 3.05) is 0 Å². The van der Waals surface area contributed by atoms with Crippen LogP contribution in [0.25, 0.3) is 22.6 Å². The van der Waals surface area contributed by atoms with E-state index in [0.29, 0.717) is 40.4 Å². The zero-order chi connectivity index (χ0) is 19.1. The van der Waals surface area contributed by atoms with Crippen LogP contribution in [0.1, 0.15) is 34.5 Å². The molecule has 0 radical (unpaired) electrons. The molecule has 5 rings (SSSR count). The highest BCUT2D eigenvalue weighted by Gasteiger charge is 2.34. The second kappa shape index (κ2) is 6.60. The molecule has 0 unspecified atom stereocenters. The smallest absolute Gasteiger partial charge is 0.259 e. The van der Waals surface area contributed by atoms with Gasteiger partial charge in [-0.05, 0) is 55.7 Å². The molecule has 4 heterocycles. The Morgan fingerprint density at radius 2 is 2.07 bits per heavy atom. The van der Waals surface area contributed by atoms with Gasteiger partial charge in [0, 0.05) is 25.0 Å². The predicted octanol–water partition coefficient (Wildman–Crippen LogP) is 3.99. The molecular weight excluding hydrogens is 356 g/mol. The number of pyridine rings is 2. The summed E-state index contributed by atoms with van der Waals surface area (Å²) >= 11 is 0. The third-order valence-corrected chi connectivity index (χ3v) is 4.97. The van der Waals surface area contributed by atoms with E-state index in [1.165, 1.54) is 0 Å². The van der Waals surface area contributed by atoms with Crippen LogP contribution in [-0.4, -0.2) is 32.0 Å². The van der Waals surface area contributed by atoms with Crippen LogP contribution in [0.4, 0.5) is 0 Å². The SMILES string of the molecule is Cc1noc2nc(-c3ccco3)cc(C(=O)N(Cc3ccncc3)C3CC3)c12. The lowest BCUT2D eigenvalue weighted by atomic mass is 10.1. The second-order valence-electron chi connectivity index (χ2n) is 7.00. The predicted molar refractivity (Wildman–Crippen MR) is 101 cm³/mol. The van der Waals surface area contributed by atoms with Crippen LogP contribution in [0.3, 0.4) is 0 Å². The summed E-state index contributed by atoms with van der Waals surface area (Å²) in [7, 11) is 0. The Labute approximate surface area is 161 Å². The summed E-state index contributed by atoms with van der Waals surface area (Å²) in [5, 5.41) is 4.67. The van der Waals surface area contributed by atoms with Crippen LogP contribution in [0.2, 0.25) is 0 Å². The Morgan fingerprint density at radius 3 is 2.79 bits per heavy atom. The van der Waals surface area contributed by atoms with E-state index < -0.39 is 0 Å². The fourth-order valence-electron chi connectivity index (χ4n) is 3.41. The highest BCUT2D eigenvalue weighted by atomic mass is 16.5. The summed E-state index contributed by atoms with van der Waals surface area (Å²) in [6, 6.07) is 9.48. The molecule has 0 saturated heterocycles. The van der Waals surface area contributed by atoms with E-state index in [2.05, 4.69) is 15.1 Å². The van der Waals surface area contributed by atoms with Crippen molar-refractivity contribution in [2.24, 2.45) is 0 Å². The molecule has 4 aromatic rings. The first-order valence-electron chi connectivity index (χ1n) is 9.21. The second-order valence-corrected chi connectivity index (χ2v) is 7.00. The van der Waals surface area contributed by atoms with Gasteiger partial charge in [0.05, 0.1) is 22.9 Å². The Hall–Kier alpha value is -3.48. The van der Waals surface area contributed by atoms with Gasteiger partial charge in [0.15, 0.2) is 5.76 Å². The average Bonchev–Trinajstić information content (AvgIpc) is 3.27.